The molecule has 3 aromatic heterocycles. The Morgan fingerprint density at radius 2 is 0.500 bits per heavy atom. The number of carboxylic acid groups (broad SMARTS) is 6. The van der Waals surface area contributed by atoms with Crippen LogP contribution in [0.15, 0.2) is 54.6 Å². The first kappa shape index (κ1) is 37.0. The number of hydrogen-bond acceptors (Lipinski definition) is 15. The average molecular weight is 813 g/mol. The summed E-state index contributed by atoms with van der Waals surface area (Å²) in [4.78, 5) is 70.9. The van der Waals surface area contributed by atoms with E-state index in [4.69, 9.17) is 0 Å². The molecule has 0 aliphatic heterocycles. The van der Waals surface area contributed by atoms with Gasteiger partial charge in [-0.25, -0.2) is 15.0 Å². The zero-order valence-electron chi connectivity index (χ0n) is 18.1. The monoisotopic (exact) mass is 813 g/mol. The van der Waals surface area contributed by atoms with Gasteiger partial charge in [0.2, 0.25) is 0 Å². The normalized spacial score (nSPS) is 8.84. The van der Waals surface area contributed by atoms with Crippen LogP contribution in [-0.4, -0.2) is 50.8 Å². The second kappa shape index (κ2) is 18.2. The number of carbonyl (C=O) groups excluding carboxylic acids is 6. The molecule has 17 heteroatoms. The van der Waals surface area contributed by atoms with Crippen LogP contribution in [0.25, 0.3) is 0 Å². The molecule has 3 heterocycles. The number of aromatic nitrogens is 3. The van der Waals surface area contributed by atoms with Crippen molar-refractivity contribution in [1.82, 2.24) is 15.0 Å². The van der Waals surface area contributed by atoms with Gasteiger partial charge >= 0.3 is 77.2 Å². The molecule has 0 aliphatic carbocycles. The summed E-state index contributed by atoms with van der Waals surface area (Å²) < 4.78 is 0. The van der Waals surface area contributed by atoms with E-state index in [1.165, 1.54) is 18.2 Å². The van der Waals surface area contributed by atoms with E-state index < -0.39 is 70.0 Å². The van der Waals surface area contributed by atoms with E-state index in [9.17, 15) is 59.4 Å². The largest absolute Gasteiger partial charge is 3.00 e. The van der Waals surface area contributed by atoms with Crippen molar-refractivity contribution in [2.24, 2.45) is 0 Å². The van der Waals surface area contributed by atoms with Crippen LogP contribution in [0.1, 0.15) is 62.9 Å². The summed E-state index contributed by atoms with van der Waals surface area (Å²) in [7, 11) is 0. The van der Waals surface area contributed by atoms with Crippen molar-refractivity contribution < 1.29 is 137 Å². The van der Waals surface area contributed by atoms with Crippen molar-refractivity contribution in [3.63, 3.8) is 0 Å². The molecule has 0 atom stereocenters. The van der Waals surface area contributed by atoms with Crippen LogP contribution in [0.5, 0.6) is 0 Å². The van der Waals surface area contributed by atoms with Gasteiger partial charge in [0.15, 0.2) is 0 Å². The molecule has 0 amide bonds. The molecule has 0 bridgehead atoms. The zero-order chi connectivity index (χ0) is 27.4. The smallest absolute Gasteiger partial charge is 0.543 e. The molecule has 0 aromatic carbocycles. The minimum atomic E-state index is -1.52. The molecule has 0 radical (unpaired) electrons. The van der Waals surface area contributed by atoms with Gasteiger partial charge < -0.3 is 59.4 Å². The maximum Gasteiger partial charge on any atom is 3.00 e. The van der Waals surface area contributed by atoms with Crippen molar-refractivity contribution in [1.29, 1.82) is 0 Å². The van der Waals surface area contributed by atoms with E-state index in [0.717, 1.165) is 36.4 Å². The van der Waals surface area contributed by atoms with Crippen molar-refractivity contribution in [3.8, 4) is 0 Å². The summed E-state index contributed by atoms with van der Waals surface area (Å²) in [5.74, 6) is -9.09. The van der Waals surface area contributed by atoms with E-state index in [0.29, 0.717) is 0 Å². The van der Waals surface area contributed by atoms with Crippen LogP contribution in [0.2, 0.25) is 0 Å². The first-order valence-electron chi connectivity index (χ1n) is 9.02. The van der Waals surface area contributed by atoms with Crippen LogP contribution in [-0.2, 0) is 0 Å². The Balaban J connectivity index is 0. The van der Waals surface area contributed by atoms with Gasteiger partial charge in [0.05, 0.1) is 70.0 Å². The standard InChI is InChI=1S/3C7H5NO4.2Tb/c3*9-6(10)4-2-1-3-5(8-4)7(11)12;;/h3*1-3H,(H,9,10)(H,11,12);;/q;;;2*+3/p-6. The van der Waals surface area contributed by atoms with Crippen LogP contribution in [0.4, 0.5) is 0 Å². The number of carboxylic acids is 6. The summed E-state index contributed by atoms with van der Waals surface area (Å²) in [6.07, 6.45) is 0. The van der Waals surface area contributed by atoms with Gasteiger partial charge in [-0.15, -0.1) is 0 Å². The Morgan fingerprint density at radius 1 is 0.368 bits per heavy atom. The predicted molar refractivity (Wildman–Crippen MR) is 98.7 cm³/mol. The van der Waals surface area contributed by atoms with Gasteiger partial charge in [-0.1, -0.05) is 18.2 Å². The minimum absolute atomic E-state index is 0. The van der Waals surface area contributed by atoms with Gasteiger partial charge in [0.1, 0.15) is 0 Å². The van der Waals surface area contributed by atoms with Crippen molar-refractivity contribution in [2.45, 2.75) is 0 Å². The Labute approximate surface area is 273 Å². The average Bonchev–Trinajstić information content (AvgIpc) is 2.85. The molecular weight excluding hydrogens is 804 g/mol. The molecule has 38 heavy (non-hydrogen) atoms. The van der Waals surface area contributed by atoms with E-state index >= 15 is 0 Å². The maximum absolute atomic E-state index is 10.2. The number of pyridine rings is 3. The van der Waals surface area contributed by atoms with E-state index in [1.54, 1.807) is 0 Å². The summed E-state index contributed by atoms with van der Waals surface area (Å²) in [5, 5.41) is 61.1. The fourth-order valence-corrected chi connectivity index (χ4v) is 1.99. The van der Waals surface area contributed by atoms with E-state index in [2.05, 4.69) is 15.0 Å². The summed E-state index contributed by atoms with van der Waals surface area (Å²) in [6, 6.07) is 10.6. The van der Waals surface area contributed by atoms with Gasteiger partial charge in [-0.2, -0.15) is 0 Å². The Morgan fingerprint density at radius 3 is 0.605 bits per heavy atom. The number of carbonyl (C=O) groups is 6. The third kappa shape index (κ3) is 12.9. The van der Waals surface area contributed by atoms with Crippen LogP contribution >= 0.6 is 0 Å². The van der Waals surface area contributed by atoms with Gasteiger partial charge in [-0.05, 0) is 36.4 Å². The SMILES string of the molecule is O=C([O-])c1cccc(C(=O)[O-])n1.O=C([O-])c1cccc(C(=O)[O-])n1.O=C([O-])c1cccc(C(=O)[O-])n1.[Tb+3].[Tb+3]. The van der Waals surface area contributed by atoms with Crippen LogP contribution < -0.4 is 30.6 Å². The third-order valence-electron chi connectivity index (χ3n) is 3.50. The number of rotatable bonds is 6. The Hall–Kier alpha value is -3.16. The molecule has 0 N–H and O–H groups in total. The summed E-state index contributed by atoms with van der Waals surface area (Å²) >= 11 is 0. The van der Waals surface area contributed by atoms with Gasteiger partial charge in [0.25, 0.3) is 0 Å². The second-order valence-corrected chi connectivity index (χ2v) is 5.95. The fraction of sp³-hybridized carbons (Fsp3) is 0. The predicted octanol–water partition coefficient (Wildman–Crippen LogP) is -6.57. The van der Waals surface area contributed by atoms with E-state index in [1.807, 2.05) is 0 Å². The van der Waals surface area contributed by atoms with Gasteiger partial charge in [0, 0.05) is 0 Å². The quantitative estimate of drug-likeness (QED) is 0.224. The van der Waals surface area contributed by atoms with Crippen molar-refractivity contribution >= 4 is 35.8 Å². The first-order chi connectivity index (χ1) is 16.8. The molecule has 0 saturated heterocycles. The van der Waals surface area contributed by atoms with Crippen molar-refractivity contribution in [2.75, 3.05) is 0 Å². The van der Waals surface area contributed by atoms with E-state index in [-0.39, 0.29) is 77.2 Å². The molecule has 0 saturated carbocycles. The first-order valence-corrected chi connectivity index (χ1v) is 9.02. The third-order valence-corrected chi connectivity index (χ3v) is 3.50. The fourth-order valence-electron chi connectivity index (χ4n) is 1.99. The molecule has 3 aromatic rings. The van der Waals surface area contributed by atoms with Crippen LogP contribution in [0, 0.1) is 77.2 Å². The topological polar surface area (TPSA) is 279 Å². The number of aromatic carboxylic acids is 6. The van der Waals surface area contributed by atoms with Crippen LogP contribution in [0.3, 0.4) is 0 Å². The molecule has 0 spiro atoms. The molecule has 0 fully saturated rings. The molecule has 0 aliphatic rings. The van der Waals surface area contributed by atoms with Crippen molar-refractivity contribution in [3.05, 3.63) is 88.8 Å². The Kier molecular flexibility index (Phi) is 17.7. The molecule has 0 unspecified atom stereocenters. The number of nitrogens with zero attached hydrogens (tertiary/aromatic N) is 3. The number of hydrogen-bond donors (Lipinski definition) is 0. The molecule has 15 nitrogen and oxygen atoms in total. The minimum Gasteiger partial charge on any atom is -0.543 e. The maximum atomic E-state index is 10.2. The molecule has 198 valence electrons. The molecular formula is C21H9N3O12Tb2. The summed E-state index contributed by atoms with van der Waals surface area (Å²) in [5.41, 5.74) is -2.52. The van der Waals surface area contributed by atoms with Gasteiger partial charge in [-0.3, -0.25) is 0 Å². The summed E-state index contributed by atoms with van der Waals surface area (Å²) in [6.45, 7) is 0. The molecule has 3 rings (SSSR count). The Bertz CT molecular complexity index is 1090. The zero-order valence-corrected chi connectivity index (χ0v) is 22.4. The second-order valence-electron chi connectivity index (χ2n) is 5.95.